The molecule has 3 heterocycles. The van der Waals surface area contributed by atoms with Crippen LogP contribution in [0.4, 0.5) is 10.1 Å². The number of halogens is 3. The van der Waals surface area contributed by atoms with Crippen LogP contribution in [0.5, 0.6) is 0 Å². The van der Waals surface area contributed by atoms with E-state index in [0.717, 1.165) is 30.1 Å². The number of ketones is 1. The number of hydrogen-bond donors (Lipinski definition) is 1. The van der Waals surface area contributed by atoms with Gasteiger partial charge >= 0.3 is 11.9 Å². The fourth-order valence-electron chi connectivity index (χ4n) is 4.76. The number of carbonyl (C=O) groups is 3. The average molecular weight is 566 g/mol. The zero-order chi connectivity index (χ0) is 26.4. The standard InChI is InChI=1S/C26H25ClFN3O6.ClH/c1-3-36-25(34)19(26(35)37-4-2)24(33)17-12-31(15-5-6-15)21-16(23(17)32)7-18(28)22(20(21)27)30-10-13-8-29-9-14(13)11-30;/h7-8,11-12,15,19,29H,3-6,9-10H2,1-2H3;1H. The normalized spacial score (nSPS) is 16.0. The van der Waals surface area contributed by atoms with Gasteiger partial charge in [-0.05, 0) is 43.9 Å². The van der Waals surface area contributed by atoms with Crippen molar-refractivity contribution in [2.75, 3.05) is 31.2 Å². The Labute approximate surface area is 228 Å². The number of carbonyl (C=O) groups excluding carboxylic acids is 3. The second-order valence-corrected chi connectivity index (χ2v) is 9.44. The third-order valence-corrected chi connectivity index (χ3v) is 6.98. The molecule has 0 unspecified atom stereocenters. The number of fused-ring (bicyclic) bond motifs is 2. The molecule has 5 rings (SSSR count). The molecule has 12 heteroatoms. The molecule has 0 saturated heterocycles. The first-order valence-corrected chi connectivity index (χ1v) is 12.5. The smallest absolute Gasteiger partial charge is 0.328 e. The molecule has 2 aromatic rings. The van der Waals surface area contributed by atoms with Gasteiger partial charge < -0.3 is 24.3 Å². The van der Waals surface area contributed by atoms with Gasteiger partial charge in [0.25, 0.3) is 0 Å². The topological polar surface area (TPSA) is 107 Å². The number of Topliss-reactive ketones (excluding diaryl/α,β-unsaturated/α-hetero) is 1. The quantitative estimate of drug-likeness (QED) is 0.293. The van der Waals surface area contributed by atoms with Crippen LogP contribution in [-0.4, -0.2) is 48.6 Å². The highest BCUT2D eigenvalue weighted by Crippen LogP contribution is 2.43. The zero-order valence-corrected chi connectivity index (χ0v) is 22.3. The number of nitrogens with one attached hydrogen (secondary N) is 1. The summed E-state index contributed by atoms with van der Waals surface area (Å²) in [6, 6.07) is 0.995. The van der Waals surface area contributed by atoms with Gasteiger partial charge in [0.15, 0.2) is 11.2 Å². The van der Waals surface area contributed by atoms with Crippen molar-refractivity contribution in [2.45, 2.75) is 32.7 Å². The Hall–Kier alpha value is -3.37. The molecule has 1 aliphatic carbocycles. The molecule has 0 atom stereocenters. The number of aromatic nitrogens is 1. The maximum atomic E-state index is 15.5. The molecule has 1 fully saturated rings. The van der Waals surface area contributed by atoms with Gasteiger partial charge in [-0.3, -0.25) is 19.2 Å². The number of pyridine rings is 1. The first-order valence-electron chi connectivity index (χ1n) is 12.1. The Bertz CT molecular complexity index is 1450. The molecule has 1 N–H and O–H groups in total. The van der Waals surface area contributed by atoms with E-state index >= 15 is 4.39 Å². The Kier molecular flexibility index (Phi) is 7.85. The van der Waals surface area contributed by atoms with Crippen LogP contribution in [0.2, 0.25) is 5.02 Å². The third-order valence-electron chi connectivity index (χ3n) is 6.62. The van der Waals surface area contributed by atoms with E-state index in [0.29, 0.717) is 18.6 Å². The molecular formula is C26H26Cl2FN3O6. The molecule has 202 valence electrons. The number of anilines is 1. The van der Waals surface area contributed by atoms with Gasteiger partial charge in [-0.2, -0.15) is 0 Å². The van der Waals surface area contributed by atoms with Crippen LogP contribution < -0.4 is 15.6 Å². The van der Waals surface area contributed by atoms with E-state index in [9.17, 15) is 19.2 Å². The van der Waals surface area contributed by atoms with Crippen LogP contribution in [0.1, 0.15) is 43.1 Å². The van der Waals surface area contributed by atoms with Crippen LogP contribution in [0.25, 0.3) is 10.9 Å². The molecule has 1 aromatic carbocycles. The lowest BCUT2D eigenvalue weighted by Crippen LogP contribution is -2.37. The van der Waals surface area contributed by atoms with E-state index in [2.05, 4.69) is 5.32 Å². The summed E-state index contributed by atoms with van der Waals surface area (Å²) in [4.78, 5) is 53.7. The van der Waals surface area contributed by atoms with E-state index in [1.54, 1.807) is 9.47 Å². The lowest BCUT2D eigenvalue weighted by Gasteiger charge is -2.22. The highest BCUT2D eigenvalue weighted by molar-refractivity contribution is 6.38. The van der Waals surface area contributed by atoms with Gasteiger partial charge in [-0.25, -0.2) is 4.39 Å². The van der Waals surface area contributed by atoms with Crippen LogP contribution in [-0.2, 0) is 19.1 Å². The summed E-state index contributed by atoms with van der Waals surface area (Å²) in [5, 5.41) is 3.07. The highest BCUT2D eigenvalue weighted by Gasteiger charge is 2.40. The lowest BCUT2D eigenvalue weighted by molar-refractivity contribution is -0.158. The minimum Gasteiger partial charge on any atom is -0.465 e. The average Bonchev–Trinajstić information content (AvgIpc) is 3.47. The van der Waals surface area contributed by atoms with Gasteiger partial charge in [-0.1, -0.05) is 11.6 Å². The SMILES string of the molecule is CCOC(=O)C(C(=O)OCC)C(=O)c1cn(C2CC2)c2c(Cl)c(N3C=C4CNC=C4C3)c(F)cc2c1=O.Cl. The summed E-state index contributed by atoms with van der Waals surface area (Å²) >= 11 is 6.77. The third kappa shape index (κ3) is 4.67. The van der Waals surface area contributed by atoms with Gasteiger partial charge in [0, 0.05) is 37.7 Å². The van der Waals surface area contributed by atoms with Crippen molar-refractivity contribution in [1.82, 2.24) is 9.88 Å². The van der Waals surface area contributed by atoms with Crippen molar-refractivity contribution >= 4 is 58.3 Å². The molecule has 1 aromatic heterocycles. The summed E-state index contributed by atoms with van der Waals surface area (Å²) in [6.07, 6.45) is 6.54. The first-order chi connectivity index (χ1) is 17.8. The number of esters is 2. The highest BCUT2D eigenvalue weighted by atomic mass is 35.5. The molecule has 1 saturated carbocycles. The second kappa shape index (κ2) is 10.8. The van der Waals surface area contributed by atoms with Crippen molar-refractivity contribution < 1.29 is 28.2 Å². The number of benzene rings is 1. The van der Waals surface area contributed by atoms with Gasteiger partial charge in [0.1, 0.15) is 5.82 Å². The number of rotatable bonds is 8. The van der Waals surface area contributed by atoms with Crippen molar-refractivity contribution in [3.05, 3.63) is 62.4 Å². The molecule has 2 aliphatic heterocycles. The Morgan fingerprint density at radius 2 is 1.82 bits per heavy atom. The Morgan fingerprint density at radius 1 is 1.16 bits per heavy atom. The van der Waals surface area contributed by atoms with Crippen LogP contribution in [0.3, 0.4) is 0 Å². The van der Waals surface area contributed by atoms with Crippen LogP contribution >= 0.6 is 24.0 Å². The van der Waals surface area contributed by atoms with E-state index in [4.69, 9.17) is 21.1 Å². The van der Waals surface area contributed by atoms with Crippen LogP contribution in [0.15, 0.2) is 40.6 Å². The summed E-state index contributed by atoms with van der Waals surface area (Å²) < 4.78 is 27.0. The van der Waals surface area contributed by atoms with E-state index in [1.807, 2.05) is 12.4 Å². The van der Waals surface area contributed by atoms with Crippen LogP contribution in [0, 0.1) is 11.7 Å². The Balaban J connectivity index is 0.00000336. The molecule has 0 spiro atoms. The number of ether oxygens (including phenoxy) is 2. The molecule has 0 amide bonds. The lowest BCUT2D eigenvalue weighted by atomic mass is 9.96. The van der Waals surface area contributed by atoms with E-state index in [1.165, 1.54) is 20.0 Å². The minimum atomic E-state index is -1.96. The maximum Gasteiger partial charge on any atom is 0.328 e. The zero-order valence-electron chi connectivity index (χ0n) is 20.7. The van der Waals surface area contributed by atoms with Crippen molar-refractivity contribution in [3.8, 4) is 0 Å². The van der Waals surface area contributed by atoms with Crippen molar-refractivity contribution in [1.29, 1.82) is 0 Å². The van der Waals surface area contributed by atoms with Gasteiger partial charge in [-0.15, -0.1) is 12.4 Å². The second-order valence-electron chi connectivity index (χ2n) is 9.06. The maximum absolute atomic E-state index is 15.5. The molecule has 0 bridgehead atoms. The van der Waals surface area contributed by atoms with Gasteiger partial charge in [0.05, 0.1) is 40.4 Å². The minimum absolute atomic E-state index is 0. The number of hydrogen-bond acceptors (Lipinski definition) is 8. The molecule has 38 heavy (non-hydrogen) atoms. The predicted octanol–water partition coefficient (Wildman–Crippen LogP) is 3.67. The van der Waals surface area contributed by atoms with E-state index in [-0.39, 0.29) is 47.8 Å². The van der Waals surface area contributed by atoms with Crippen molar-refractivity contribution in [2.24, 2.45) is 5.92 Å². The molecule has 0 radical (unpaired) electrons. The number of nitrogens with zero attached hydrogens (tertiary/aromatic N) is 2. The fourth-order valence-corrected chi connectivity index (χ4v) is 5.15. The van der Waals surface area contributed by atoms with Gasteiger partial charge in [0.2, 0.25) is 5.92 Å². The Morgan fingerprint density at radius 3 is 2.39 bits per heavy atom. The largest absolute Gasteiger partial charge is 0.465 e. The fraction of sp³-hybridized carbons (Fsp3) is 0.385. The van der Waals surface area contributed by atoms with E-state index < -0.39 is 40.4 Å². The summed E-state index contributed by atoms with van der Waals surface area (Å²) in [5.74, 6) is -5.97. The first kappa shape index (κ1) is 27.7. The summed E-state index contributed by atoms with van der Waals surface area (Å²) in [7, 11) is 0. The summed E-state index contributed by atoms with van der Waals surface area (Å²) in [6.45, 7) is 3.97. The van der Waals surface area contributed by atoms with Crippen molar-refractivity contribution in [3.63, 3.8) is 0 Å². The molecular weight excluding hydrogens is 540 g/mol. The predicted molar refractivity (Wildman–Crippen MR) is 141 cm³/mol. The monoisotopic (exact) mass is 565 g/mol. The molecule has 9 nitrogen and oxygen atoms in total. The summed E-state index contributed by atoms with van der Waals surface area (Å²) in [5.41, 5.74) is 1.24. The molecule has 3 aliphatic rings.